The molecule has 37 heavy (non-hydrogen) atoms. The van der Waals surface area contributed by atoms with Crippen molar-refractivity contribution in [3.05, 3.63) is 80.3 Å². The zero-order valence-electron chi connectivity index (χ0n) is 21.6. The lowest BCUT2D eigenvalue weighted by molar-refractivity contribution is 0.0495. The molecule has 0 unspecified atom stereocenters. The van der Waals surface area contributed by atoms with Crippen LogP contribution in [0.5, 0.6) is 23.0 Å². The molecule has 0 amide bonds. The number of carbonyl (C=O) groups is 2. The quantitative estimate of drug-likeness (QED) is 0.162. The van der Waals surface area contributed by atoms with Gasteiger partial charge in [0.25, 0.3) is 0 Å². The van der Waals surface area contributed by atoms with E-state index < -0.39 is 11.9 Å². The molecule has 1 N–H and O–H groups in total. The van der Waals surface area contributed by atoms with Crippen LogP contribution in [0.15, 0.2) is 46.9 Å². The van der Waals surface area contributed by atoms with Gasteiger partial charge in [-0.3, -0.25) is 0 Å². The lowest BCUT2D eigenvalue weighted by atomic mass is 10.0. The Labute approximate surface area is 225 Å². The molecule has 0 aromatic heterocycles. The number of ether oxygens (including phenoxy) is 4. The van der Waals surface area contributed by atoms with Gasteiger partial charge in [0.1, 0.15) is 39.5 Å². The molecular formula is C29H31BrO7. The van der Waals surface area contributed by atoms with Crippen molar-refractivity contribution in [3.63, 3.8) is 0 Å². The first kappa shape index (κ1) is 28.1. The molecule has 0 atom stereocenters. The summed E-state index contributed by atoms with van der Waals surface area (Å²) in [5.74, 6) is -0.708. The van der Waals surface area contributed by atoms with Crippen molar-refractivity contribution in [1.29, 1.82) is 0 Å². The Morgan fingerprint density at radius 2 is 1.68 bits per heavy atom. The predicted octanol–water partition coefficient (Wildman–Crippen LogP) is 6.84. The van der Waals surface area contributed by atoms with Crippen LogP contribution in [0.4, 0.5) is 0 Å². The molecule has 0 radical (unpaired) electrons. The number of methoxy groups -OCH3 is 1. The number of esters is 2. The molecule has 0 heterocycles. The number of benzene rings is 3. The van der Waals surface area contributed by atoms with Crippen molar-refractivity contribution < 1.29 is 33.6 Å². The van der Waals surface area contributed by atoms with Crippen molar-refractivity contribution in [3.8, 4) is 23.0 Å². The summed E-state index contributed by atoms with van der Waals surface area (Å²) < 4.78 is 22.5. The number of aromatic hydroxyl groups is 1. The predicted molar refractivity (Wildman–Crippen MR) is 144 cm³/mol. The maximum atomic E-state index is 13.3. The molecule has 196 valence electrons. The normalized spacial score (nSPS) is 10.6. The summed E-state index contributed by atoms with van der Waals surface area (Å²) in [5, 5.41) is 10.8. The molecule has 7 nitrogen and oxygen atoms in total. The molecule has 0 aliphatic heterocycles. The van der Waals surface area contributed by atoms with Crippen LogP contribution in [0.1, 0.15) is 62.7 Å². The van der Waals surface area contributed by atoms with E-state index in [1.165, 1.54) is 7.11 Å². The van der Waals surface area contributed by atoms with Gasteiger partial charge in [-0.1, -0.05) is 43.7 Å². The average molecular weight is 571 g/mol. The standard InChI is InChI=1S/C29H31BrO7/c1-6-7-13-35-28(32)24-18(3)19(4)27(25(30)26(24)31)37-29(33)23-17(2)14-21(15-22(23)34-5)36-16-20-11-9-8-10-12-20/h8-12,14-15,31H,6-7,13,16H2,1-5H3. The highest BCUT2D eigenvalue weighted by molar-refractivity contribution is 9.10. The van der Waals surface area contributed by atoms with Crippen LogP contribution < -0.4 is 14.2 Å². The van der Waals surface area contributed by atoms with Crippen LogP contribution >= 0.6 is 15.9 Å². The highest BCUT2D eigenvalue weighted by atomic mass is 79.9. The third kappa shape index (κ3) is 6.43. The van der Waals surface area contributed by atoms with Crippen molar-refractivity contribution in [2.75, 3.05) is 13.7 Å². The van der Waals surface area contributed by atoms with Gasteiger partial charge in [0, 0.05) is 6.07 Å². The molecule has 0 aliphatic carbocycles. The summed E-state index contributed by atoms with van der Waals surface area (Å²) in [5.41, 5.74) is 2.84. The van der Waals surface area contributed by atoms with E-state index >= 15 is 0 Å². The summed E-state index contributed by atoms with van der Waals surface area (Å²) in [6, 6.07) is 13.1. The van der Waals surface area contributed by atoms with Crippen LogP contribution in [0.25, 0.3) is 0 Å². The van der Waals surface area contributed by atoms with Gasteiger partial charge >= 0.3 is 11.9 Å². The molecule has 0 saturated carbocycles. The minimum absolute atomic E-state index is 0.0361. The molecule has 0 aliphatic rings. The number of hydrogen-bond donors (Lipinski definition) is 1. The number of aryl methyl sites for hydroxylation is 1. The third-order valence-corrected chi connectivity index (χ3v) is 6.73. The number of hydrogen-bond acceptors (Lipinski definition) is 7. The number of rotatable bonds is 10. The van der Waals surface area contributed by atoms with E-state index in [0.29, 0.717) is 34.8 Å². The van der Waals surface area contributed by atoms with E-state index in [1.807, 2.05) is 37.3 Å². The highest BCUT2D eigenvalue weighted by Gasteiger charge is 2.28. The molecular weight excluding hydrogens is 540 g/mol. The monoisotopic (exact) mass is 570 g/mol. The van der Waals surface area contributed by atoms with Gasteiger partial charge in [-0.2, -0.15) is 0 Å². The van der Waals surface area contributed by atoms with E-state index in [4.69, 9.17) is 18.9 Å². The van der Waals surface area contributed by atoms with Crippen molar-refractivity contribution >= 4 is 27.9 Å². The van der Waals surface area contributed by atoms with E-state index in [-0.39, 0.29) is 33.7 Å². The minimum atomic E-state index is -0.676. The van der Waals surface area contributed by atoms with E-state index in [0.717, 1.165) is 18.4 Å². The Balaban J connectivity index is 1.88. The van der Waals surface area contributed by atoms with Gasteiger partial charge in [0.05, 0.1) is 13.7 Å². The summed E-state index contributed by atoms with van der Waals surface area (Å²) in [7, 11) is 1.46. The summed E-state index contributed by atoms with van der Waals surface area (Å²) >= 11 is 3.29. The Morgan fingerprint density at radius 3 is 2.32 bits per heavy atom. The first-order chi connectivity index (χ1) is 17.7. The number of carbonyl (C=O) groups excluding carboxylic acids is 2. The lowest BCUT2D eigenvalue weighted by Crippen LogP contribution is -2.15. The maximum Gasteiger partial charge on any atom is 0.347 e. The van der Waals surface area contributed by atoms with Crippen molar-refractivity contribution in [2.45, 2.75) is 47.1 Å². The number of halogens is 1. The number of phenolic OH excluding ortho intramolecular Hbond substituents is 1. The molecule has 0 saturated heterocycles. The van der Waals surface area contributed by atoms with Crippen molar-refractivity contribution in [2.24, 2.45) is 0 Å². The Hall–Kier alpha value is -3.52. The molecule has 0 fully saturated rings. The van der Waals surface area contributed by atoms with Gasteiger partial charge in [-0.05, 0) is 71.4 Å². The first-order valence-electron chi connectivity index (χ1n) is 12.0. The number of phenols is 1. The largest absolute Gasteiger partial charge is 0.506 e. The second-order valence-corrected chi connectivity index (χ2v) is 9.38. The Morgan fingerprint density at radius 1 is 0.973 bits per heavy atom. The van der Waals surface area contributed by atoms with Gasteiger partial charge in [-0.25, -0.2) is 9.59 Å². The summed E-state index contributed by atoms with van der Waals surface area (Å²) in [6.45, 7) is 7.74. The van der Waals surface area contributed by atoms with Gasteiger partial charge in [0.15, 0.2) is 5.75 Å². The fourth-order valence-corrected chi connectivity index (χ4v) is 4.36. The van der Waals surface area contributed by atoms with Crippen LogP contribution in [-0.2, 0) is 11.3 Å². The zero-order chi connectivity index (χ0) is 27.1. The SMILES string of the molecule is CCCCOC(=O)c1c(C)c(C)c(OC(=O)c2c(C)cc(OCc3ccccc3)cc2OC)c(Br)c1O. The fraction of sp³-hybridized carbons (Fsp3) is 0.310. The van der Waals surface area contributed by atoms with Gasteiger partial charge in [-0.15, -0.1) is 0 Å². The molecule has 0 spiro atoms. The number of unbranched alkanes of at least 4 members (excludes halogenated alkanes) is 1. The molecule has 3 aromatic carbocycles. The van der Waals surface area contributed by atoms with Crippen LogP contribution in [0.2, 0.25) is 0 Å². The van der Waals surface area contributed by atoms with E-state index in [9.17, 15) is 14.7 Å². The fourth-order valence-electron chi connectivity index (χ4n) is 3.78. The average Bonchev–Trinajstić information content (AvgIpc) is 2.89. The van der Waals surface area contributed by atoms with Crippen LogP contribution in [0.3, 0.4) is 0 Å². The maximum absolute atomic E-state index is 13.3. The van der Waals surface area contributed by atoms with Gasteiger partial charge < -0.3 is 24.1 Å². The second kappa shape index (κ2) is 12.6. The van der Waals surface area contributed by atoms with E-state index in [2.05, 4.69) is 15.9 Å². The highest BCUT2D eigenvalue weighted by Crippen LogP contribution is 2.43. The summed E-state index contributed by atoms with van der Waals surface area (Å²) in [6.07, 6.45) is 1.59. The topological polar surface area (TPSA) is 91.3 Å². The van der Waals surface area contributed by atoms with Crippen LogP contribution in [-0.4, -0.2) is 30.8 Å². The molecule has 3 rings (SSSR count). The second-order valence-electron chi connectivity index (χ2n) is 8.59. The Kier molecular flexibility index (Phi) is 9.58. The van der Waals surface area contributed by atoms with Gasteiger partial charge in [0.2, 0.25) is 0 Å². The van der Waals surface area contributed by atoms with Crippen molar-refractivity contribution in [1.82, 2.24) is 0 Å². The lowest BCUT2D eigenvalue weighted by Gasteiger charge is -2.19. The molecule has 0 bridgehead atoms. The Bertz CT molecular complexity index is 1260. The molecule has 3 aromatic rings. The minimum Gasteiger partial charge on any atom is -0.506 e. The summed E-state index contributed by atoms with van der Waals surface area (Å²) in [4.78, 5) is 25.9. The third-order valence-electron chi connectivity index (χ3n) is 6.00. The van der Waals surface area contributed by atoms with E-state index in [1.54, 1.807) is 32.9 Å². The first-order valence-corrected chi connectivity index (χ1v) is 12.7. The van der Waals surface area contributed by atoms with Crippen LogP contribution in [0, 0.1) is 20.8 Å². The molecule has 8 heteroatoms. The smallest absolute Gasteiger partial charge is 0.347 e. The zero-order valence-corrected chi connectivity index (χ0v) is 23.2.